The zero-order valence-electron chi connectivity index (χ0n) is 26.4. The number of fused-ring (bicyclic) bond motifs is 8. The Balaban J connectivity index is 1.61. The molecule has 0 aliphatic carbocycles. The van der Waals surface area contributed by atoms with E-state index in [0.717, 1.165) is 88.4 Å². The van der Waals surface area contributed by atoms with Crippen molar-refractivity contribution in [3.63, 3.8) is 0 Å². The number of hydrogen-bond acceptors (Lipinski definition) is 2. The van der Waals surface area contributed by atoms with Crippen LogP contribution in [-0.4, -0.2) is 19.5 Å². The summed E-state index contributed by atoms with van der Waals surface area (Å²) in [6.07, 6.45) is 8.42. The molecule has 1 N–H and O–H groups in total. The van der Waals surface area contributed by atoms with Crippen molar-refractivity contribution in [1.82, 2.24) is 19.5 Å². The molecule has 0 atom stereocenters. The van der Waals surface area contributed by atoms with Gasteiger partial charge in [0.15, 0.2) is 0 Å². The molecule has 7 aromatic rings. The Bertz CT molecular complexity index is 2600. The van der Waals surface area contributed by atoms with Gasteiger partial charge < -0.3 is 9.55 Å². The lowest BCUT2D eigenvalue weighted by Crippen LogP contribution is -1.97. The van der Waals surface area contributed by atoms with Gasteiger partial charge in [-0.15, -0.1) is 0 Å². The van der Waals surface area contributed by atoms with Crippen molar-refractivity contribution in [2.45, 2.75) is 0 Å². The number of hydrogen-bond donors (Lipinski definition) is 1. The van der Waals surface area contributed by atoms with Crippen LogP contribution in [0.3, 0.4) is 0 Å². The first-order valence-electron chi connectivity index (χ1n) is 16.3. The largest absolute Gasteiger partial charge is 0.355 e. The summed E-state index contributed by atoms with van der Waals surface area (Å²) >= 11 is 3.79. The van der Waals surface area contributed by atoms with E-state index in [4.69, 9.17) is 9.97 Å². The van der Waals surface area contributed by atoms with Crippen LogP contribution < -0.4 is 0 Å². The molecule has 2 aliphatic heterocycles. The smallest absolute Gasteiger partial charge is 0.0737 e. The van der Waals surface area contributed by atoms with Crippen molar-refractivity contribution in [2.75, 3.05) is 0 Å². The average Bonchev–Trinajstić information content (AvgIpc) is 3.94. The van der Waals surface area contributed by atoms with Gasteiger partial charge in [0.05, 0.1) is 33.8 Å². The Labute approximate surface area is 292 Å². The molecule has 0 unspecified atom stereocenters. The molecule has 0 amide bonds. The SMILES string of the molecule is Brc1cccc(-c2c3nc(cc4ccc(cc5nc(cc6c(-c7ccccc7)c(-c7ccccc7)c2n6-c2ccccc2)C=C5)[nH]4)C=C3)c1. The zero-order valence-corrected chi connectivity index (χ0v) is 28.0. The van der Waals surface area contributed by atoms with Gasteiger partial charge >= 0.3 is 0 Å². The summed E-state index contributed by atoms with van der Waals surface area (Å²) in [6.45, 7) is 0. The molecule has 49 heavy (non-hydrogen) atoms. The van der Waals surface area contributed by atoms with Crippen LogP contribution in [-0.2, 0) is 0 Å². The Kier molecular flexibility index (Phi) is 7.25. The summed E-state index contributed by atoms with van der Waals surface area (Å²) in [5.41, 5.74) is 15.2. The topological polar surface area (TPSA) is 46.5 Å². The highest BCUT2D eigenvalue weighted by Gasteiger charge is 2.25. The molecule has 3 aromatic heterocycles. The summed E-state index contributed by atoms with van der Waals surface area (Å²) in [4.78, 5) is 13.9. The van der Waals surface area contributed by atoms with Crippen LogP contribution in [0, 0.1) is 0 Å². The van der Waals surface area contributed by atoms with Gasteiger partial charge in [0.1, 0.15) is 0 Å². The maximum Gasteiger partial charge on any atom is 0.0737 e. The normalized spacial score (nSPS) is 12.0. The van der Waals surface area contributed by atoms with Gasteiger partial charge in [0.25, 0.3) is 0 Å². The summed E-state index contributed by atoms with van der Waals surface area (Å²) < 4.78 is 3.40. The third-order valence-electron chi connectivity index (χ3n) is 8.92. The van der Waals surface area contributed by atoms with Gasteiger partial charge in [-0.25, -0.2) is 9.97 Å². The molecular formula is C44H29BrN4. The van der Waals surface area contributed by atoms with E-state index in [1.54, 1.807) is 0 Å². The minimum atomic E-state index is 0.880. The van der Waals surface area contributed by atoms with E-state index >= 15 is 0 Å². The predicted octanol–water partition coefficient (Wildman–Crippen LogP) is 11.9. The highest BCUT2D eigenvalue weighted by atomic mass is 79.9. The van der Waals surface area contributed by atoms with Gasteiger partial charge in [-0.05, 0) is 95.6 Å². The van der Waals surface area contributed by atoms with E-state index in [2.05, 4.69) is 195 Å². The first kappa shape index (κ1) is 29.1. The molecule has 2 aliphatic rings. The Morgan fingerprint density at radius 1 is 0.469 bits per heavy atom. The van der Waals surface area contributed by atoms with E-state index < -0.39 is 0 Å². The Morgan fingerprint density at radius 3 is 1.71 bits per heavy atom. The minimum Gasteiger partial charge on any atom is -0.355 e. The molecule has 0 spiro atoms. The molecule has 4 nitrogen and oxygen atoms in total. The summed E-state index contributed by atoms with van der Waals surface area (Å²) in [6, 6.07) is 51.1. The van der Waals surface area contributed by atoms with E-state index in [1.807, 2.05) is 0 Å². The molecule has 0 fully saturated rings. The Morgan fingerprint density at radius 2 is 1.04 bits per heavy atom. The van der Waals surface area contributed by atoms with E-state index in [-0.39, 0.29) is 0 Å². The van der Waals surface area contributed by atoms with Gasteiger partial charge in [0, 0.05) is 37.9 Å². The first-order valence-corrected chi connectivity index (χ1v) is 17.1. The number of nitrogens with one attached hydrogen (secondary N) is 1. The lowest BCUT2D eigenvalue weighted by molar-refractivity contribution is 1.17. The summed E-state index contributed by atoms with van der Waals surface area (Å²) in [5, 5.41) is 0. The maximum absolute atomic E-state index is 5.30. The molecule has 0 saturated heterocycles. The third-order valence-corrected chi connectivity index (χ3v) is 9.41. The second kappa shape index (κ2) is 12.2. The number of benzene rings is 4. The van der Waals surface area contributed by atoms with Crippen LogP contribution in [0.1, 0.15) is 22.8 Å². The summed E-state index contributed by atoms with van der Waals surface area (Å²) in [5.74, 6) is 0. The van der Waals surface area contributed by atoms with Crippen LogP contribution in [0.4, 0.5) is 0 Å². The number of H-pyrrole nitrogens is 1. The van der Waals surface area contributed by atoms with E-state index in [9.17, 15) is 0 Å². The number of para-hydroxylation sites is 1. The van der Waals surface area contributed by atoms with Crippen LogP contribution >= 0.6 is 15.9 Å². The molecule has 5 heterocycles. The summed E-state index contributed by atoms with van der Waals surface area (Å²) in [7, 11) is 0. The number of aromatic nitrogens is 4. The number of nitrogens with zero attached hydrogens (tertiary/aromatic N) is 3. The van der Waals surface area contributed by atoms with Crippen LogP contribution in [0.15, 0.2) is 150 Å². The van der Waals surface area contributed by atoms with Gasteiger partial charge in [-0.3, -0.25) is 0 Å². The zero-order chi connectivity index (χ0) is 32.7. The fraction of sp³-hybridized carbons (Fsp3) is 0. The average molecular weight is 694 g/mol. The minimum absolute atomic E-state index is 0.880. The van der Waals surface area contributed by atoms with E-state index in [1.165, 1.54) is 0 Å². The van der Waals surface area contributed by atoms with Crippen molar-refractivity contribution >= 4 is 62.3 Å². The first-order chi connectivity index (χ1) is 24.2. The molecule has 8 bridgehead atoms. The van der Waals surface area contributed by atoms with Crippen LogP contribution in [0.2, 0.25) is 0 Å². The second-order valence-electron chi connectivity index (χ2n) is 12.1. The van der Waals surface area contributed by atoms with Crippen molar-refractivity contribution in [3.8, 4) is 39.1 Å². The van der Waals surface area contributed by atoms with Crippen molar-refractivity contribution in [2.24, 2.45) is 0 Å². The number of aromatic amines is 1. The van der Waals surface area contributed by atoms with Crippen LogP contribution in [0.5, 0.6) is 0 Å². The molecule has 0 radical (unpaired) electrons. The molecule has 9 rings (SSSR count). The molecule has 5 heteroatoms. The monoisotopic (exact) mass is 692 g/mol. The maximum atomic E-state index is 5.30. The highest BCUT2D eigenvalue weighted by Crippen LogP contribution is 2.47. The second-order valence-corrected chi connectivity index (χ2v) is 13.0. The molecular weight excluding hydrogens is 664 g/mol. The van der Waals surface area contributed by atoms with Crippen molar-refractivity contribution in [1.29, 1.82) is 0 Å². The fourth-order valence-corrected chi connectivity index (χ4v) is 7.25. The van der Waals surface area contributed by atoms with Gasteiger partial charge in [-0.1, -0.05) is 107 Å². The highest BCUT2D eigenvalue weighted by molar-refractivity contribution is 9.10. The standard InChI is InChI=1S/C44H29BrN4/c45-32-16-10-15-31(25-32)41-39-24-23-36(48-39)27-35-20-19-33(46-35)26-34-21-22-37(47-34)28-40-42(29-11-4-1-5-12-29)43(30-13-6-2-7-14-30)44(41)49(40)38-17-8-3-9-18-38/h1-28,46H. The predicted molar refractivity (Wildman–Crippen MR) is 208 cm³/mol. The van der Waals surface area contributed by atoms with Crippen molar-refractivity contribution < 1.29 is 0 Å². The number of halogens is 1. The molecule has 232 valence electrons. The van der Waals surface area contributed by atoms with Crippen LogP contribution in [0.25, 0.3) is 85.4 Å². The number of rotatable bonds is 4. The van der Waals surface area contributed by atoms with Gasteiger partial charge in [0.2, 0.25) is 0 Å². The van der Waals surface area contributed by atoms with E-state index in [0.29, 0.717) is 0 Å². The fourth-order valence-electron chi connectivity index (χ4n) is 6.85. The van der Waals surface area contributed by atoms with Gasteiger partial charge in [-0.2, -0.15) is 0 Å². The van der Waals surface area contributed by atoms with Crippen molar-refractivity contribution in [3.05, 3.63) is 173 Å². The third kappa shape index (κ3) is 5.44. The Hall–Kier alpha value is -6.04. The lowest BCUT2D eigenvalue weighted by Gasteiger charge is -2.13. The molecule has 4 aromatic carbocycles. The molecule has 0 saturated carbocycles. The lowest BCUT2D eigenvalue weighted by atomic mass is 9.93. The quantitative estimate of drug-likeness (QED) is 0.199.